The Morgan fingerprint density at radius 3 is 2.50 bits per heavy atom. The molecule has 3 nitrogen and oxygen atoms in total. The van der Waals surface area contributed by atoms with Gasteiger partial charge in [-0.25, -0.2) is 0 Å². The predicted octanol–water partition coefficient (Wildman–Crippen LogP) is 4.74. The molecule has 112 valence electrons. The van der Waals surface area contributed by atoms with E-state index in [0.717, 1.165) is 22.1 Å². The first-order valence-electron chi connectivity index (χ1n) is 6.94. The maximum absolute atomic E-state index is 12.1. The molecule has 1 atom stereocenters. The van der Waals surface area contributed by atoms with Crippen molar-refractivity contribution in [2.75, 3.05) is 11.1 Å². The molecule has 1 aromatic rings. The molecule has 20 heavy (non-hydrogen) atoms. The Morgan fingerprint density at radius 1 is 1.40 bits per heavy atom. The number of nitrogens with two attached hydrogens (primary N) is 1. The molecular formula is C16H25BrN2O. The first-order chi connectivity index (χ1) is 9.08. The highest BCUT2D eigenvalue weighted by Crippen LogP contribution is 2.29. The second-order valence-electron chi connectivity index (χ2n) is 6.81. The van der Waals surface area contributed by atoms with E-state index in [-0.39, 0.29) is 11.3 Å². The van der Waals surface area contributed by atoms with Gasteiger partial charge in [0.15, 0.2) is 0 Å². The summed E-state index contributed by atoms with van der Waals surface area (Å²) in [5.41, 5.74) is 8.48. The molecule has 0 saturated heterocycles. The number of rotatable bonds is 4. The first-order valence-corrected chi connectivity index (χ1v) is 7.73. The normalized spacial score (nSPS) is 13.1. The fraction of sp³-hybridized carbons (Fsp3) is 0.562. The second kappa shape index (κ2) is 6.61. The van der Waals surface area contributed by atoms with Crippen LogP contribution in [0.15, 0.2) is 16.6 Å². The van der Waals surface area contributed by atoms with Crippen LogP contribution in [-0.4, -0.2) is 5.91 Å². The lowest BCUT2D eigenvalue weighted by Gasteiger charge is -2.23. The van der Waals surface area contributed by atoms with Crippen LogP contribution >= 0.6 is 15.9 Å². The number of amides is 1. The predicted molar refractivity (Wildman–Crippen MR) is 89.8 cm³/mol. The van der Waals surface area contributed by atoms with E-state index in [9.17, 15) is 4.79 Å². The van der Waals surface area contributed by atoms with Gasteiger partial charge in [0.2, 0.25) is 5.91 Å². The fourth-order valence-electron chi connectivity index (χ4n) is 2.56. The summed E-state index contributed by atoms with van der Waals surface area (Å²) >= 11 is 3.39. The number of carbonyl (C=O) groups is 1. The third kappa shape index (κ3) is 5.53. The Morgan fingerprint density at radius 2 is 2.00 bits per heavy atom. The van der Waals surface area contributed by atoms with Crippen LogP contribution in [0.2, 0.25) is 0 Å². The summed E-state index contributed by atoms with van der Waals surface area (Å²) in [5, 5.41) is 2.94. The smallest absolute Gasteiger partial charge is 0.224 e. The Hall–Kier alpha value is -1.03. The zero-order valence-electron chi connectivity index (χ0n) is 13.0. The molecule has 0 fully saturated rings. The van der Waals surface area contributed by atoms with Gasteiger partial charge in [-0.3, -0.25) is 4.79 Å². The maximum atomic E-state index is 12.1. The largest absolute Gasteiger partial charge is 0.397 e. The topological polar surface area (TPSA) is 55.1 Å². The molecule has 0 aromatic heterocycles. The summed E-state index contributed by atoms with van der Waals surface area (Å²) in [6, 6.07) is 3.76. The van der Waals surface area contributed by atoms with Gasteiger partial charge in [0.05, 0.1) is 11.4 Å². The van der Waals surface area contributed by atoms with Crippen LogP contribution < -0.4 is 11.1 Å². The van der Waals surface area contributed by atoms with Gasteiger partial charge in [0.25, 0.3) is 0 Å². The molecule has 0 aliphatic rings. The van der Waals surface area contributed by atoms with E-state index in [0.29, 0.717) is 18.0 Å². The first kappa shape index (κ1) is 17.0. The molecule has 0 radical (unpaired) electrons. The molecule has 0 heterocycles. The van der Waals surface area contributed by atoms with Gasteiger partial charge in [-0.15, -0.1) is 0 Å². The Bertz CT molecular complexity index is 469. The SMILES string of the molecule is Cc1cc(Br)cc(N)c1NC(=O)CC(C)CC(C)(C)C. The van der Waals surface area contributed by atoms with Gasteiger partial charge < -0.3 is 11.1 Å². The number of anilines is 2. The highest BCUT2D eigenvalue weighted by molar-refractivity contribution is 9.10. The molecule has 1 aromatic carbocycles. The van der Waals surface area contributed by atoms with Gasteiger partial charge in [-0.2, -0.15) is 0 Å². The summed E-state index contributed by atoms with van der Waals surface area (Å²) < 4.78 is 0.923. The summed E-state index contributed by atoms with van der Waals surface area (Å²) in [5.74, 6) is 0.380. The highest BCUT2D eigenvalue weighted by atomic mass is 79.9. The summed E-state index contributed by atoms with van der Waals surface area (Å²) in [7, 11) is 0. The monoisotopic (exact) mass is 340 g/mol. The van der Waals surface area contributed by atoms with E-state index in [2.05, 4.69) is 48.9 Å². The van der Waals surface area contributed by atoms with E-state index in [1.807, 2.05) is 13.0 Å². The zero-order chi connectivity index (χ0) is 15.5. The molecule has 0 spiro atoms. The Labute approximate surface area is 130 Å². The van der Waals surface area contributed by atoms with E-state index < -0.39 is 0 Å². The van der Waals surface area contributed by atoms with Crippen LogP contribution in [0.5, 0.6) is 0 Å². The number of halogens is 1. The van der Waals surface area contributed by atoms with Gasteiger partial charge in [0.1, 0.15) is 0 Å². The molecule has 1 unspecified atom stereocenters. The molecule has 1 rings (SSSR count). The summed E-state index contributed by atoms with van der Waals surface area (Å²) in [4.78, 5) is 12.1. The van der Waals surface area contributed by atoms with Crippen molar-refractivity contribution in [3.63, 3.8) is 0 Å². The van der Waals surface area contributed by atoms with Crippen molar-refractivity contribution in [1.82, 2.24) is 0 Å². The van der Waals surface area contributed by atoms with Crippen LogP contribution in [0.4, 0.5) is 11.4 Å². The molecule has 1 amide bonds. The number of benzene rings is 1. The van der Waals surface area contributed by atoms with Gasteiger partial charge in [-0.1, -0.05) is 43.6 Å². The Kier molecular flexibility index (Phi) is 5.63. The molecular weight excluding hydrogens is 316 g/mol. The lowest BCUT2D eigenvalue weighted by Crippen LogP contribution is -2.19. The zero-order valence-corrected chi connectivity index (χ0v) is 14.6. The van der Waals surface area contributed by atoms with Gasteiger partial charge in [0, 0.05) is 10.9 Å². The van der Waals surface area contributed by atoms with Crippen molar-refractivity contribution in [2.24, 2.45) is 11.3 Å². The maximum Gasteiger partial charge on any atom is 0.224 e. The number of nitrogen functional groups attached to an aromatic ring is 1. The van der Waals surface area contributed by atoms with Crippen molar-refractivity contribution >= 4 is 33.2 Å². The van der Waals surface area contributed by atoms with Crippen molar-refractivity contribution < 1.29 is 4.79 Å². The van der Waals surface area contributed by atoms with E-state index >= 15 is 0 Å². The molecule has 3 N–H and O–H groups in total. The highest BCUT2D eigenvalue weighted by Gasteiger charge is 2.18. The molecule has 0 bridgehead atoms. The Balaban J connectivity index is 2.68. The quantitative estimate of drug-likeness (QED) is 0.777. The van der Waals surface area contributed by atoms with Crippen LogP contribution in [0.3, 0.4) is 0 Å². The third-order valence-electron chi connectivity index (χ3n) is 3.09. The summed E-state index contributed by atoms with van der Waals surface area (Å²) in [6.45, 7) is 10.6. The minimum Gasteiger partial charge on any atom is -0.397 e. The molecule has 0 aliphatic carbocycles. The van der Waals surface area contributed by atoms with Gasteiger partial charge in [-0.05, 0) is 42.4 Å². The fourth-order valence-corrected chi connectivity index (χ4v) is 3.15. The third-order valence-corrected chi connectivity index (χ3v) is 3.55. The lowest BCUT2D eigenvalue weighted by molar-refractivity contribution is -0.117. The molecule has 0 saturated carbocycles. The number of hydrogen-bond acceptors (Lipinski definition) is 2. The summed E-state index contributed by atoms with van der Waals surface area (Å²) in [6.07, 6.45) is 1.54. The minimum absolute atomic E-state index is 0.0267. The molecule has 4 heteroatoms. The van der Waals surface area contributed by atoms with Crippen molar-refractivity contribution in [3.05, 3.63) is 22.2 Å². The van der Waals surface area contributed by atoms with Crippen LogP contribution in [0.25, 0.3) is 0 Å². The van der Waals surface area contributed by atoms with Crippen LogP contribution in [0, 0.1) is 18.3 Å². The average molecular weight is 341 g/mol. The second-order valence-corrected chi connectivity index (χ2v) is 7.72. The van der Waals surface area contributed by atoms with Crippen molar-refractivity contribution in [1.29, 1.82) is 0 Å². The van der Waals surface area contributed by atoms with Crippen LogP contribution in [-0.2, 0) is 4.79 Å². The number of carbonyl (C=O) groups excluding carboxylic acids is 1. The number of nitrogens with one attached hydrogen (secondary N) is 1. The number of hydrogen-bond donors (Lipinski definition) is 2. The van der Waals surface area contributed by atoms with Crippen LogP contribution in [0.1, 0.15) is 46.1 Å². The van der Waals surface area contributed by atoms with E-state index in [1.54, 1.807) is 6.07 Å². The van der Waals surface area contributed by atoms with E-state index in [1.165, 1.54) is 0 Å². The standard InChI is InChI=1S/C16H25BrN2O/c1-10(9-16(3,4)5)6-14(20)19-15-11(2)7-12(17)8-13(15)18/h7-8,10H,6,9,18H2,1-5H3,(H,19,20). The van der Waals surface area contributed by atoms with Gasteiger partial charge >= 0.3 is 0 Å². The van der Waals surface area contributed by atoms with E-state index in [4.69, 9.17) is 5.73 Å². The lowest BCUT2D eigenvalue weighted by atomic mass is 9.84. The van der Waals surface area contributed by atoms with Crippen molar-refractivity contribution in [2.45, 2.75) is 47.5 Å². The minimum atomic E-state index is 0.0267. The van der Waals surface area contributed by atoms with Crippen molar-refractivity contribution in [3.8, 4) is 0 Å². The number of aryl methyl sites for hydroxylation is 1. The molecule has 0 aliphatic heterocycles. The average Bonchev–Trinajstić information content (AvgIpc) is 2.20.